The van der Waals surface area contributed by atoms with Crippen molar-refractivity contribution < 1.29 is 9.90 Å². The van der Waals surface area contributed by atoms with Crippen LogP contribution in [-0.2, 0) is 11.2 Å². The fraction of sp³-hybridized carbons (Fsp3) is 0.154. The fourth-order valence-electron chi connectivity index (χ4n) is 1.64. The smallest absolute Gasteiger partial charge is 0.314 e. The molecule has 0 saturated carbocycles. The SMILES string of the molecule is O=C(O)C(Cc1ccccc1)c1ncc(Cl)cn1. The minimum absolute atomic E-state index is 0.274. The van der Waals surface area contributed by atoms with Gasteiger partial charge in [0.2, 0.25) is 0 Å². The van der Waals surface area contributed by atoms with Crippen LogP contribution in [0.2, 0.25) is 5.02 Å². The molecule has 0 aliphatic carbocycles. The molecule has 0 radical (unpaired) electrons. The van der Waals surface area contributed by atoms with Crippen LogP contribution >= 0.6 is 11.6 Å². The van der Waals surface area contributed by atoms with E-state index in [0.717, 1.165) is 5.56 Å². The predicted octanol–water partition coefficient (Wildman–Crippen LogP) is 2.54. The summed E-state index contributed by atoms with van der Waals surface area (Å²) in [7, 11) is 0. The summed E-state index contributed by atoms with van der Waals surface area (Å²) in [5.74, 6) is -1.43. The summed E-state index contributed by atoms with van der Waals surface area (Å²) < 4.78 is 0. The molecule has 2 rings (SSSR count). The van der Waals surface area contributed by atoms with Gasteiger partial charge in [-0.05, 0) is 12.0 Å². The van der Waals surface area contributed by atoms with Crippen molar-refractivity contribution >= 4 is 17.6 Å². The molecule has 1 N–H and O–H groups in total. The normalized spacial score (nSPS) is 12.1. The topological polar surface area (TPSA) is 63.1 Å². The number of hydrogen-bond donors (Lipinski definition) is 1. The molecule has 0 bridgehead atoms. The molecule has 92 valence electrons. The lowest BCUT2D eigenvalue weighted by molar-refractivity contribution is -0.139. The second kappa shape index (κ2) is 5.60. The number of halogens is 1. The van der Waals surface area contributed by atoms with Crippen LogP contribution in [0.4, 0.5) is 0 Å². The minimum atomic E-state index is -0.943. The first-order valence-corrected chi connectivity index (χ1v) is 5.79. The standard InChI is InChI=1S/C13H11ClN2O2/c14-10-7-15-12(16-8-10)11(13(17)18)6-9-4-2-1-3-5-9/h1-5,7-8,11H,6H2,(H,17,18). The van der Waals surface area contributed by atoms with Crippen molar-refractivity contribution in [3.63, 3.8) is 0 Å². The molecule has 0 aliphatic rings. The summed E-state index contributed by atoms with van der Waals surface area (Å²) in [6.45, 7) is 0. The van der Waals surface area contributed by atoms with Gasteiger partial charge in [-0.15, -0.1) is 0 Å². The van der Waals surface area contributed by atoms with Gasteiger partial charge >= 0.3 is 5.97 Å². The van der Waals surface area contributed by atoms with E-state index in [-0.39, 0.29) is 5.82 Å². The molecule has 1 unspecified atom stereocenters. The third-order valence-electron chi connectivity index (χ3n) is 2.53. The van der Waals surface area contributed by atoms with E-state index in [9.17, 15) is 9.90 Å². The Kier molecular flexibility index (Phi) is 3.89. The second-order valence-electron chi connectivity index (χ2n) is 3.84. The average molecular weight is 263 g/mol. The summed E-state index contributed by atoms with van der Waals surface area (Å²) in [6, 6.07) is 9.39. The number of carboxylic acid groups (broad SMARTS) is 1. The van der Waals surface area contributed by atoms with Gasteiger partial charge in [0.05, 0.1) is 5.02 Å². The van der Waals surface area contributed by atoms with E-state index in [1.54, 1.807) is 0 Å². The Morgan fingerprint density at radius 2 is 1.83 bits per heavy atom. The molecule has 0 fully saturated rings. The first-order valence-electron chi connectivity index (χ1n) is 5.41. The molecular weight excluding hydrogens is 252 g/mol. The van der Waals surface area contributed by atoms with E-state index >= 15 is 0 Å². The van der Waals surface area contributed by atoms with Crippen LogP contribution in [0, 0.1) is 0 Å². The Morgan fingerprint density at radius 1 is 1.22 bits per heavy atom. The zero-order valence-electron chi connectivity index (χ0n) is 9.45. The number of carboxylic acids is 1. The van der Waals surface area contributed by atoms with Gasteiger partial charge in [-0.1, -0.05) is 41.9 Å². The maximum Gasteiger partial charge on any atom is 0.314 e. The highest BCUT2D eigenvalue weighted by Gasteiger charge is 2.23. The van der Waals surface area contributed by atoms with Crippen LogP contribution in [0.1, 0.15) is 17.3 Å². The lowest BCUT2D eigenvalue weighted by Crippen LogP contribution is -2.17. The summed E-state index contributed by atoms with van der Waals surface area (Å²) in [5, 5.41) is 9.64. The first kappa shape index (κ1) is 12.5. The minimum Gasteiger partial charge on any atom is -0.481 e. The van der Waals surface area contributed by atoms with E-state index in [4.69, 9.17) is 11.6 Å². The highest BCUT2D eigenvalue weighted by Crippen LogP contribution is 2.18. The maximum atomic E-state index is 11.3. The largest absolute Gasteiger partial charge is 0.481 e. The average Bonchev–Trinajstić information content (AvgIpc) is 2.38. The van der Waals surface area contributed by atoms with Gasteiger partial charge < -0.3 is 5.11 Å². The van der Waals surface area contributed by atoms with Crippen LogP contribution < -0.4 is 0 Å². The van der Waals surface area contributed by atoms with E-state index in [1.165, 1.54) is 12.4 Å². The number of aromatic nitrogens is 2. The van der Waals surface area contributed by atoms with Crippen molar-refractivity contribution in [1.29, 1.82) is 0 Å². The number of hydrogen-bond acceptors (Lipinski definition) is 3. The van der Waals surface area contributed by atoms with E-state index in [0.29, 0.717) is 11.4 Å². The number of benzene rings is 1. The third-order valence-corrected chi connectivity index (χ3v) is 2.73. The van der Waals surface area contributed by atoms with Gasteiger partial charge in [0, 0.05) is 12.4 Å². The van der Waals surface area contributed by atoms with Gasteiger partial charge in [-0.25, -0.2) is 9.97 Å². The zero-order chi connectivity index (χ0) is 13.0. The lowest BCUT2D eigenvalue weighted by Gasteiger charge is -2.10. The molecule has 4 nitrogen and oxygen atoms in total. The van der Waals surface area contributed by atoms with Crippen molar-refractivity contribution in [2.24, 2.45) is 0 Å². The highest BCUT2D eigenvalue weighted by atomic mass is 35.5. The molecule has 0 amide bonds. The molecular formula is C13H11ClN2O2. The van der Waals surface area contributed by atoms with Gasteiger partial charge in [-0.2, -0.15) is 0 Å². The summed E-state index contributed by atoms with van der Waals surface area (Å²) in [6.07, 6.45) is 3.17. The van der Waals surface area contributed by atoms with Crippen LogP contribution in [-0.4, -0.2) is 21.0 Å². The Bertz CT molecular complexity index is 528. The Hall–Kier alpha value is -1.94. The van der Waals surface area contributed by atoms with Crippen molar-refractivity contribution in [3.05, 3.63) is 59.1 Å². The molecule has 18 heavy (non-hydrogen) atoms. The number of carbonyl (C=O) groups is 1. The van der Waals surface area contributed by atoms with Gasteiger partial charge in [0.15, 0.2) is 0 Å². The summed E-state index contributed by atoms with van der Waals surface area (Å²) in [5.41, 5.74) is 0.934. The summed E-state index contributed by atoms with van der Waals surface area (Å²) >= 11 is 5.68. The first-order chi connectivity index (χ1) is 8.66. The highest BCUT2D eigenvalue weighted by molar-refractivity contribution is 6.30. The van der Waals surface area contributed by atoms with E-state index < -0.39 is 11.9 Å². The van der Waals surface area contributed by atoms with Crippen molar-refractivity contribution in [2.45, 2.75) is 12.3 Å². The number of nitrogens with zero attached hydrogens (tertiary/aromatic N) is 2. The van der Waals surface area contributed by atoms with E-state index in [1.807, 2.05) is 30.3 Å². The van der Waals surface area contributed by atoms with Crippen LogP contribution in [0.25, 0.3) is 0 Å². The molecule has 0 saturated heterocycles. The molecule has 2 aromatic rings. The number of rotatable bonds is 4. The Morgan fingerprint density at radius 3 is 2.39 bits per heavy atom. The quantitative estimate of drug-likeness (QED) is 0.920. The van der Waals surface area contributed by atoms with E-state index in [2.05, 4.69) is 9.97 Å². The van der Waals surface area contributed by atoms with Crippen molar-refractivity contribution in [2.75, 3.05) is 0 Å². The second-order valence-corrected chi connectivity index (χ2v) is 4.28. The monoisotopic (exact) mass is 262 g/mol. The molecule has 0 spiro atoms. The van der Waals surface area contributed by atoms with Crippen molar-refractivity contribution in [3.8, 4) is 0 Å². The molecule has 1 heterocycles. The molecule has 1 aromatic carbocycles. The Balaban J connectivity index is 2.24. The van der Waals surface area contributed by atoms with Crippen LogP contribution in [0.15, 0.2) is 42.7 Å². The number of aliphatic carboxylic acids is 1. The maximum absolute atomic E-state index is 11.3. The fourth-order valence-corrected chi connectivity index (χ4v) is 1.74. The van der Waals surface area contributed by atoms with Gasteiger partial charge in [0.25, 0.3) is 0 Å². The predicted molar refractivity (Wildman–Crippen MR) is 67.6 cm³/mol. The molecule has 5 heteroatoms. The molecule has 0 aliphatic heterocycles. The van der Waals surface area contributed by atoms with Crippen LogP contribution in [0.3, 0.4) is 0 Å². The van der Waals surface area contributed by atoms with Crippen LogP contribution in [0.5, 0.6) is 0 Å². The Labute approximate surface area is 109 Å². The lowest BCUT2D eigenvalue weighted by atomic mass is 9.99. The van der Waals surface area contributed by atoms with Crippen molar-refractivity contribution in [1.82, 2.24) is 9.97 Å². The van der Waals surface area contributed by atoms with Gasteiger partial charge in [0.1, 0.15) is 11.7 Å². The summed E-state index contributed by atoms with van der Waals surface area (Å²) in [4.78, 5) is 19.2. The third kappa shape index (κ3) is 3.05. The van der Waals surface area contributed by atoms with Gasteiger partial charge in [-0.3, -0.25) is 4.79 Å². The zero-order valence-corrected chi connectivity index (χ0v) is 10.2. The molecule has 1 aromatic heterocycles. The molecule has 1 atom stereocenters.